The Hall–Kier alpha value is -4.33. The van der Waals surface area contributed by atoms with Gasteiger partial charge in [0.2, 0.25) is 0 Å². The van der Waals surface area contributed by atoms with Crippen LogP contribution in [0.1, 0.15) is 36.0 Å². The van der Waals surface area contributed by atoms with Gasteiger partial charge in [-0.2, -0.15) is 0 Å². The molecule has 0 radical (unpaired) electrons. The predicted molar refractivity (Wildman–Crippen MR) is 145 cm³/mol. The molecule has 3 aromatic rings. The van der Waals surface area contributed by atoms with Crippen molar-refractivity contribution in [3.8, 4) is 11.5 Å². The number of para-hydroxylation sites is 1. The predicted octanol–water partition coefficient (Wildman–Crippen LogP) is 5.49. The summed E-state index contributed by atoms with van der Waals surface area (Å²) in [7, 11) is 2.92. The van der Waals surface area contributed by atoms with E-state index in [2.05, 4.69) is 5.32 Å². The number of rotatable bonds is 8. The average molecular weight is 531 g/mol. The highest BCUT2D eigenvalue weighted by Crippen LogP contribution is 2.45. The topological polar surface area (TPSA) is 77.1 Å². The molecule has 2 amide bonds. The zero-order valence-corrected chi connectivity index (χ0v) is 22.0. The molecule has 0 aromatic heterocycles. The number of halogens is 1. The Labute approximate surface area is 227 Å². The molecule has 202 valence electrons. The second kappa shape index (κ2) is 11.6. The average Bonchev–Trinajstić information content (AvgIpc) is 3.28. The van der Waals surface area contributed by atoms with Gasteiger partial charge in [0.25, 0.3) is 0 Å². The summed E-state index contributed by atoms with van der Waals surface area (Å²) in [6.07, 6.45) is 1.79. The summed E-state index contributed by atoms with van der Waals surface area (Å²) in [5, 5.41) is 2.99. The summed E-state index contributed by atoms with van der Waals surface area (Å²) < 4.78 is 31.0. The molecule has 0 spiro atoms. The fourth-order valence-corrected chi connectivity index (χ4v) is 5.56. The van der Waals surface area contributed by atoms with Gasteiger partial charge in [-0.3, -0.25) is 0 Å². The Bertz CT molecular complexity index is 1390. The Morgan fingerprint density at radius 3 is 2.51 bits per heavy atom. The third-order valence-electron chi connectivity index (χ3n) is 7.37. The molecule has 2 aliphatic heterocycles. The molecule has 7 nitrogen and oxygen atoms in total. The van der Waals surface area contributed by atoms with Crippen molar-refractivity contribution in [3.05, 3.63) is 101 Å². The van der Waals surface area contributed by atoms with Gasteiger partial charge in [0.1, 0.15) is 23.9 Å². The monoisotopic (exact) mass is 530 g/mol. The first-order valence-electron chi connectivity index (χ1n) is 13.0. The highest BCUT2D eigenvalue weighted by atomic mass is 19.1. The van der Waals surface area contributed by atoms with E-state index in [9.17, 15) is 14.0 Å². The Kier molecular flexibility index (Phi) is 7.81. The molecule has 1 fully saturated rings. The smallest absolute Gasteiger partial charge is 0.336 e. The first kappa shape index (κ1) is 26.3. The minimum Gasteiger partial charge on any atom is -0.496 e. The van der Waals surface area contributed by atoms with Gasteiger partial charge in [0.15, 0.2) is 0 Å². The number of urea groups is 1. The number of nitrogens with zero attached hydrogens (tertiary/aromatic N) is 1. The molecule has 1 saturated heterocycles. The van der Waals surface area contributed by atoms with Crippen molar-refractivity contribution in [2.45, 2.75) is 44.5 Å². The van der Waals surface area contributed by atoms with Crippen molar-refractivity contribution >= 4 is 17.6 Å². The zero-order chi connectivity index (χ0) is 27.4. The van der Waals surface area contributed by atoms with Gasteiger partial charge in [0.05, 0.1) is 25.8 Å². The van der Waals surface area contributed by atoms with Crippen LogP contribution in [0.25, 0.3) is 5.57 Å². The summed E-state index contributed by atoms with van der Waals surface area (Å²) in [6.45, 7) is 0.542. The SMILES string of the molecule is COC(=O)C1=C(c2ccc(F)cc2OCc2ccccc2)C[C@@H]2CC[C@H]1N2C(=O)NCc1ccccc1OC. The van der Waals surface area contributed by atoms with Gasteiger partial charge in [-0.05, 0) is 48.6 Å². The number of methoxy groups -OCH3 is 2. The van der Waals surface area contributed by atoms with Crippen LogP contribution in [0.15, 0.2) is 78.4 Å². The molecule has 0 saturated carbocycles. The van der Waals surface area contributed by atoms with Crippen molar-refractivity contribution in [2.24, 2.45) is 0 Å². The Balaban J connectivity index is 1.44. The molecule has 1 N–H and O–H groups in total. The normalized spacial score (nSPS) is 18.1. The van der Waals surface area contributed by atoms with E-state index in [1.165, 1.54) is 19.2 Å². The lowest BCUT2D eigenvalue weighted by molar-refractivity contribution is -0.136. The van der Waals surface area contributed by atoms with E-state index in [4.69, 9.17) is 14.2 Å². The maximum atomic E-state index is 14.3. The summed E-state index contributed by atoms with van der Waals surface area (Å²) >= 11 is 0. The van der Waals surface area contributed by atoms with Crippen LogP contribution in [0.3, 0.4) is 0 Å². The number of benzene rings is 3. The fraction of sp³-hybridized carbons (Fsp3) is 0.290. The highest BCUT2D eigenvalue weighted by molar-refractivity contribution is 6.01. The fourth-order valence-electron chi connectivity index (χ4n) is 5.56. The highest BCUT2D eigenvalue weighted by Gasteiger charge is 2.47. The third-order valence-corrected chi connectivity index (χ3v) is 7.37. The maximum Gasteiger partial charge on any atom is 0.336 e. The second-order valence-corrected chi connectivity index (χ2v) is 9.63. The molecule has 8 heteroatoms. The van der Waals surface area contributed by atoms with Crippen LogP contribution in [-0.2, 0) is 22.7 Å². The molecule has 39 heavy (non-hydrogen) atoms. The number of esters is 1. The van der Waals surface area contributed by atoms with Gasteiger partial charge in [0, 0.05) is 29.8 Å². The number of hydrogen-bond acceptors (Lipinski definition) is 5. The third kappa shape index (κ3) is 5.46. The van der Waals surface area contributed by atoms with Crippen LogP contribution in [0, 0.1) is 5.82 Å². The van der Waals surface area contributed by atoms with Crippen molar-refractivity contribution < 1.29 is 28.2 Å². The molecule has 0 aliphatic carbocycles. The second-order valence-electron chi connectivity index (χ2n) is 9.63. The molecule has 2 aliphatic rings. The van der Waals surface area contributed by atoms with Crippen molar-refractivity contribution in [3.63, 3.8) is 0 Å². The summed E-state index contributed by atoms with van der Waals surface area (Å²) in [5.74, 6) is 0.106. The molecule has 2 atom stereocenters. The number of nitrogens with one attached hydrogen (secondary N) is 1. The van der Waals surface area contributed by atoms with E-state index in [0.717, 1.165) is 23.1 Å². The van der Waals surface area contributed by atoms with E-state index in [1.807, 2.05) is 54.6 Å². The number of fused-ring (bicyclic) bond motifs is 2. The van der Waals surface area contributed by atoms with Gasteiger partial charge in [-0.1, -0.05) is 48.5 Å². The van der Waals surface area contributed by atoms with Crippen LogP contribution in [0.5, 0.6) is 11.5 Å². The van der Waals surface area contributed by atoms with Crippen LogP contribution < -0.4 is 14.8 Å². The quantitative estimate of drug-likeness (QED) is 0.390. The van der Waals surface area contributed by atoms with Crippen LogP contribution in [-0.4, -0.2) is 43.2 Å². The van der Waals surface area contributed by atoms with E-state index < -0.39 is 17.8 Å². The van der Waals surface area contributed by atoms with Gasteiger partial charge < -0.3 is 24.4 Å². The minimum absolute atomic E-state index is 0.122. The standard InChI is InChI=1S/C31H31FN2O5/c1-37-27-11-7-6-10-21(27)18-33-31(36)34-23-13-15-26(34)29(30(35)38-2)25(17-23)24-14-12-22(32)16-28(24)39-19-20-8-4-3-5-9-20/h3-12,14,16,23,26H,13,15,17-19H2,1-2H3,(H,33,36)/t23-,26+/m0/s1. The Morgan fingerprint density at radius 1 is 0.974 bits per heavy atom. The van der Waals surface area contributed by atoms with Crippen LogP contribution >= 0.6 is 0 Å². The molecule has 3 aromatic carbocycles. The largest absolute Gasteiger partial charge is 0.496 e. The number of hydrogen-bond donors (Lipinski definition) is 1. The lowest BCUT2D eigenvalue weighted by atomic mass is 9.88. The summed E-state index contributed by atoms with van der Waals surface area (Å²) in [5.41, 5.74) is 3.57. The van der Waals surface area contributed by atoms with Crippen LogP contribution in [0.2, 0.25) is 0 Å². The maximum absolute atomic E-state index is 14.3. The molecule has 2 heterocycles. The number of amides is 2. The van der Waals surface area contributed by atoms with E-state index in [-0.39, 0.29) is 18.7 Å². The number of carbonyl (C=O) groups excluding carboxylic acids is 2. The molecule has 5 rings (SSSR count). The Morgan fingerprint density at radius 2 is 1.74 bits per heavy atom. The molecular formula is C31H31FN2O5. The van der Waals surface area contributed by atoms with E-state index in [1.54, 1.807) is 18.1 Å². The van der Waals surface area contributed by atoms with Crippen molar-refractivity contribution in [2.75, 3.05) is 14.2 Å². The summed E-state index contributed by atoms with van der Waals surface area (Å²) in [6, 6.07) is 20.6. The van der Waals surface area contributed by atoms with Crippen molar-refractivity contribution in [1.82, 2.24) is 10.2 Å². The molecule has 0 unspecified atom stereocenters. The lowest BCUT2D eigenvalue weighted by Gasteiger charge is -2.37. The van der Waals surface area contributed by atoms with Gasteiger partial charge in [-0.25, -0.2) is 14.0 Å². The molecule has 2 bridgehead atoms. The van der Waals surface area contributed by atoms with E-state index >= 15 is 0 Å². The first-order chi connectivity index (χ1) is 19.0. The zero-order valence-electron chi connectivity index (χ0n) is 22.0. The van der Waals surface area contributed by atoms with Crippen molar-refractivity contribution in [1.29, 1.82) is 0 Å². The first-order valence-corrected chi connectivity index (χ1v) is 13.0. The number of carbonyl (C=O) groups is 2. The lowest BCUT2D eigenvalue weighted by Crippen LogP contribution is -2.50. The minimum atomic E-state index is -0.504. The van der Waals surface area contributed by atoms with Crippen LogP contribution in [0.4, 0.5) is 9.18 Å². The summed E-state index contributed by atoms with van der Waals surface area (Å²) in [4.78, 5) is 28.3. The van der Waals surface area contributed by atoms with Gasteiger partial charge >= 0.3 is 12.0 Å². The van der Waals surface area contributed by atoms with Gasteiger partial charge in [-0.15, -0.1) is 0 Å². The van der Waals surface area contributed by atoms with E-state index in [0.29, 0.717) is 42.0 Å². The number of ether oxygens (including phenoxy) is 3. The molecular weight excluding hydrogens is 499 g/mol.